The topological polar surface area (TPSA) is 51.2 Å². The second kappa shape index (κ2) is 6.41. The molecular formula is C17H14N2O2S. The van der Waals surface area contributed by atoms with E-state index in [4.69, 9.17) is 4.74 Å². The van der Waals surface area contributed by atoms with Crippen molar-refractivity contribution < 1.29 is 9.53 Å². The third-order valence-corrected chi connectivity index (χ3v) is 3.97. The van der Waals surface area contributed by atoms with Gasteiger partial charge in [-0.25, -0.2) is 4.98 Å². The number of nitrogens with one attached hydrogen (secondary N) is 1. The normalized spacial score (nSPS) is 10.2. The van der Waals surface area contributed by atoms with Gasteiger partial charge in [0.2, 0.25) is 0 Å². The predicted molar refractivity (Wildman–Crippen MR) is 88.5 cm³/mol. The van der Waals surface area contributed by atoms with Crippen molar-refractivity contribution in [1.29, 1.82) is 0 Å². The molecule has 0 bridgehead atoms. The van der Waals surface area contributed by atoms with Crippen molar-refractivity contribution in [3.05, 3.63) is 65.0 Å². The molecule has 1 aromatic heterocycles. The van der Waals surface area contributed by atoms with Gasteiger partial charge < -0.3 is 10.1 Å². The summed E-state index contributed by atoms with van der Waals surface area (Å²) in [4.78, 5) is 17.4. The fourth-order valence-electron chi connectivity index (χ4n) is 2.10. The van der Waals surface area contributed by atoms with Gasteiger partial charge in [-0.15, -0.1) is 11.3 Å². The maximum absolute atomic E-state index is 12.5. The van der Waals surface area contributed by atoms with Crippen LogP contribution in [0.4, 0.5) is 5.69 Å². The van der Waals surface area contributed by atoms with Crippen molar-refractivity contribution >= 4 is 22.9 Å². The van der Waals surface area contributed by atoms with E-state index in [2.05, 4.69) is 10.3 Å². The zero-order chi connectivity index (χ0) is 15.4. The number of aromatic nitrogens is 1. The summed E-state index contributed by atoms with van der Waals surface area (Å²) in [7, 11) is 1.59. The molecule has 0 aliphatic carbocycles. The fourth-order valence-corrected chi connectivity index (χ4v) is 2.80. The first-order valence-electron chi connectivity index (χ1n) is 6.72. The molecule has 0 saturated carbocycles. The molecule has 0 radical (unpaired) electrons. The van der Waals surface area contributed by atoms with Crippen LogP contribution < -0.4 is 10.1 Å². The lowest BCUT2D eigenvalue weighted by Crippen LogP contribution is -2.11. The van der Waals surface area contributed by atoms with Gasteiger partial charge in [-0.2, -0.15) is 0 Å². The Hall–Kier alpha value is -2.66. The molecule has 3 rings (SSSR count). The molecule has 3 aromatic rings. The van der Waals surface area contributed by atoms with Crippen LogP contribution in [0.25, 0.3) is 11.3 Å². The number of benzene rings is 2. The Balaban J connectivity index is 1.86. The Morgan fingerprint density at radius 3 is 2.73 bits per heavy atom. The summed E-state index contributed by atoms with van der Waals surface area (Å²) < 4.78 is 5.16. The van der Waals surface area contributed by atoms with E-state index in [1.807, 2.05) is 48.5 Å². The summed E-state index contributed by atoms with van der Waals surface area (Å²) in [5.74, 6) is 0.528. The number of carbonyl (C=O) groups excluding carboxylic acids is 1. The molecule has 1 N–H and O–H groups in total. The van der Waals surface area contributed by atoms with Crippen molar-refractivity contribution in [3.8, 4) is 17.0 Å². The van der Waals surface area contributed by atoms with E-state index >= 15 is 0 Å². The predicted octanol–water partition coefficient (Wildman–Crippen LogP) is 4.07. The highest BCUT2D eigenvalue weighted by Crippen LogP contribution is 2.26. The number of methoxy groups -OCH3 is 1. The van der Waals surface area contributed by atoms with Crippen LogP contribution in [0.1, 0.15) is 9.67 Å². The minimum absolute atomic E-state index is 0.172. The molecule has 0 aliphatic rings. The Kier molecular flexibility index (Phi) is 4.16. The van der Waals surface area contributed by atoms with E-state index in [-0.39, 0.29) is 5.91 Å². The molecule has 0 atom stereocenters. The molecular weight excluding hydrogens is 296 g/mol. The van der Waals surface area contributed by atoms with E-state index in [0.29, 0.717) is 22.0 Å². The molecule has 4 nitrogen and oxygen atoms in total. The van der Waals surface area contributed by atoms with Gasteiger partial charge >= 0.3 is 0 Å². The van der Waals surface area contributed by atoms with Crippen LogP contribution in [0.3, 0.4) is 0 Å². The number of amides is 1. The number of carbonyl (C=O) groups is 1. The van der Waals surface area contributed by atoms with Gasteiger partial charge in [-0.05, 0) is 12.1 Å². The third-order valence-electron chi connectivity index (χ3n) is 3.15. The van der Waals surface area contributed by atoms with Crippen molar-refractivity contribution in [2.45, 2.75) is 0 Å². The van der Waals surface area contributed by atoms with E-state index < -0.39 is 0 Å². The van der Waals surface area contributed by atoms with Gasteiger partial charge in [0, 0.05) is 17.3 Å². The number of hydrogen-bond acceptors (Lipinski definition) is 4. The summed E-state index contributed by atoms with van der Waals surface area (Å²) in [5.41, 5.74) is 4.00. The molecule has 110 valence electrons. The molecule has 0 spiro atoms. The molecule has 0 fully saturated rings. The van der Waals surface area contributed by atoms with Gasteiger partial charge in [0.1, 0.15) is 10.6 Å². The Labute approximate surface area is 132 Å². The molecule has 5 heteroatoms. The average Bonchev–Trinajstić information content (AvgIpc) is 3.05. The van der Waals surface area contributed by atoms with E-state index in [1.54, 1.807) is 18.7 Å². The maximum atomic E-state index is 12.5. The number of nitrogens with zero attached hydrogens (tertiary/aromatic N) is 1. The fraction of sp³-hybridized carbons (Fsp3) is 0.0588. The number of thiazole rings is 1. The Morgan fingerprint density at radius 2 is 1.95 bits per heavy atom. The molecule has 2 aromatic carbocycles. The van der Waals surface area contributed by atoms with Gasteiger partial charge in [-0.3, -0.25) is 4.79 Å². The zero-order valence-corrected chi connectivity index (χ0v) is 12.8. The van der Waals surface area contributed by atoms with E-state index in [0.717, 1.165) is 5.56 Å². The number of anilines is 1. The van der Waals surface area contributed by atoms with Crippen molar-refractivity contribution in [1.82, 2.24) is 4.98 Å². The van der Waals surface area contributed by atoms with Crippen molar-refractivity contribution in [2.75, 3.05) is 12.4 Å². The van der Waals surface area contributed by atoms with Crippen molar-refractivity contribution in [2.24, 2.45) is 0 Å². The quantitative estimate of drug-likeness (QED) is 0.790. The molecule has 0 saturated heterocycles. The summed E-state index contributed by atoms with van der Waals surface area (Å²) in [5, 5.41) is 2.88. The van der Waals surface area contributed by atoms with Gasteiger partial charge in [0.25, 0.3) is 5.91 Å². The number of ether oxygens (including phenoxy) is 1. The van der Waals surface area contributed by atoms with Gasteiger partial charge in [0.15, 0.2) is 0 Å². The standard InChI is InChI=1S/C17H14N2O2S/c1-21-14-9-5-8-13(10-14)19-17(20)16-15(18-11-22-16)12-6-3-2-4-7-12/h2-11H,1H3,(H,19,20). The van der Waals surface area contributed by atoms with Gasteiger partial charge in [0.05, 0.1) is 18.3 Å². The highest BCUT2D eigenvalue weighted by atomic mass is 32.1. The maximum Gasteiger partial charge on any atom is 0.268 e. The first-order chi connectivity index (χ1) is 10.8. The summed E-state index contributed by atoms with van der Waals surface area (Å²) in [6.07, 6.45) is 0. The van der Waals surface area contributed by atoms with E-state index in [9.17, 15) is 4.79 Å². The Morgan fingerprint density at radius 1 is 1.14 bits per heavy atom. The smallest absolute Gasteiger partial charge is 0.268 e. The third kappa shape index (κ3) is 2.99. The summed E-state index contributed by atoms with van der Waals surface area (Å²) >= 11 is 1.33. The van der Waals surface area contributed by atoms with Crippen LogP contribution in [-0.4, -0.2) is 18.0 Å². The van der Waals surface area contributed by atoms with Crippen LogP contribution in [0, 0.1) is 0 Å². The van der Waals surface area contributed by atoms with E-state index in [1.165, 1.54) is 11.3 Å². The van der Waals surface area contributed by atoms with Crippen LogP contribution in [0.15, 0.2) is 60.1 Å². The van der Waals surface area contributed by atoms with Crippen LogP contribution >= 0.6 is 11.3 Å². The highest BCUT2D eigenvalue weighted by Gasteiger charge is 2.16. The highest BCUT2D eigenvalue weighted by molar-refractivity contribution is 7.12. The first-order valence-corrected chi connectivity index (χ1v) is 7.60. The largest absolute Gasteiger partial charge is 0.497 e. The lowest BCUT2D eigenvalue weighted by atomic mass is 10.1. The minimum Gasteiger partial charge on any atom is -0.497 e. The number of hydrogen-bond donors (Lipinski definition) is 1. The minimum atomic E-state index is -0.172. The lowest BCUT2D eigenvalue weighted by molar-refractivity contribution is 0.103. The Bertz CT molecular complexity index is 784. The summed E-state index contributed by atoms with van der Waals surface area (Å²) in [6, 6.07) is 16.9. The second-order valence-corrected chi connectivity index (χ2v) is 5.44. The van der Waals surface area contributed by atoms with Crippen LogP contribution in [0.5, 0.6) is 5.75 Å². The van der Waals surface area contributed by atoms with Gasteiger partial charge in [-0.1, -0.05) is 36.4 Å². The molecule has 1 amide bonds. The molecule has 1 heterocycles. The summed E-state index contributed by atoms with van der Waals surface area (Å²) in [6.45, 7) is 0. The molecule has 22 heavy (non-hydrogen) atoms. The SMILES string of the molecule is COc1cccc(NC(=O)c2scnc2-c2ccccc2)c1. The van der Waals surface area contributed by atoms with Crippen molar-refractivity contribution in [3.63, 3.8) is 0 Å². The molecule has 0 unspecified atom stereocenters. The zero-order valence-electron chi connectivity index (χ0n) is 11.9. The average molecular weight is 310 g/mol. The molecule has 0 aliphatic heterocycles. The monoisotopic (exact) mass is 310 g/mol. The number of rotatable bonds is 4. The lowest BCUT2D eigenvalue weighted by Gasteiger charge is -2.07. The second-order valence-electron chi connectivity index (χ2n) is 4.58. The first kappa shape index (κ1) is 14.3. The van der Waals surface area contributed by atoms with Crippen LogP contribution in [0.2, 0.25) is 0 Å². The van der Waals surface area contributed by atoms with Crippen LogP contribution in [-0.2, 0) is 0 Å².